The molecule has 0 fully saturated rings. The van der Waals surface area contributed by atoms with Crippen LogP contribution in [0.4, 0.5) is 0 Å². The lowest BCUT2D eigenvalue weighted by molar-refractivity contribution is 0.470. The number of phenolic OH excluding ortho intramolecular Hbond substituents is 1. The van der Waals surface area contributed by atoms with Gasteiger partial charge in [-0.15, -0.1) is 0 Å². The fourth-order valence-electron chi connectivity index (χ4n) is 0.985. The molecule has 0 aliphatic heterocycles. The van der Waals surface area contributed by atoms with E-state index in [1.165, 1.54) is 0 Å². The second kappa shape index (κ2) is 4.44. The van der Waals surface area contributed by atoms with Gasteiger partial charge in [-0.1, -0.05) is 28.1 Å². The fraction of sp³-hybridized carbons (Fsp3) is 0.200. The van der Waals surface area contributed by atoms with E-state index >= 15 is 0 Å². The highest BCUT2D eigenvalue weighted by atomic mass is 79.9. The molecule has 0 heterocycles. The summed E-state index contributed by atoms with van der Waals surface area (Å²) in [6, 6.07) is 3.66. The van der Waals surface area contributed by atoms with Crippen LogP contribution in [0.3, 0.4) is 0 Å². The van der Waals surface area contributed by atoms with Crippen molar-refractivity contribution < 1.29 is 5.11 Å². The van der Waals surface area contributed by atoms with E-state index in [4.69, 9.17) is 5.73 Å². The standard InChI is InChI=1S/C10H12BrNO/c1-7-9(11)5-8(3-2-4-12)6-10(7)13/h2-3,5-6,13H,4,12H2,1H3/b3-2+. The molecule has 0 atom stereocenters. The molecule has 0 aromatic heterocycles. The normalized spacial score (nSPS) is 11.0. The van der Waals surface area contributed by atoms with Crippen LogP contribution in [0.15, 0.2) is 22.7 Å². The van der Waals surface area contributed by atoms with Crippen molar-refractivity contribution in [2.75, 3.05) is 6.54 Å². The number of aromatic hydroxyl groups is 1. The first-order valence-corrected chi connectivity index (χ1v) is 4.80. The Morgan fingerprint density at radius 1 is 1.54 bits per heavy atom. The van der Waals surface area contributed by atoms with Crippen LogP contribution < -0.4 is 5.73 Å². The van der Waals surface area contributed by atoms with E-state index in [1.54, 1.807) is 6.07 Å². The highest BCUT2D eigenvalue weighted by Gasteiger charge is 2.01. The van der Waals surface area contributed by atoms with Crippen LogP contribution in [0.2, 0.25) is 0 Å². The molecule has 0 unspecified atom stereocenters. The second-order valence-electron chi connectivity index (χ2n) is 2.78. The van der Waals surface area contributed by atoms with Gasteiger partial charge in [-0.2, -0.15) is 0 Å². The highest BCUT2D eigenvalue weighted by molar-refractivity contribution is 9.10. The third-order valence-electron chi connectivity index (χ3n) is 1.79. The van der Waals surface area contributed by atoms with Gasteiger partial charge in [0.25, 0.3) is 0 Å². The van der Waals surface area contributed by atoms with E-state index in [-0.39, 0.29) is 0 Å². The molecule has 70 valence electrons. The van der Waals surface area contributed by atoms with Gasteiger partial charge in [-0.05, 0) is 24.6 Å². The maximum absolute atomic E-state index is 9.49. The van der Waals surface area contributed by atoms with Crippen molar-refractivity contribution in [3.05, 3.63) is 33.8 Å². The molecule has 1 aromatic carbocycles. The molecule has 0 saturated carbocycles. The molecule has 0 aliphatic carbocycles. The van der Waals surface area contributed by atoms with E-state index in [2.05, 4.69) is 15.9 Å². The van der Waals surface area contributed by atoms with Gasteiger partial charge in [0.1, 0.15) is 5.75 Å². The molecule has 13 heavy (non-hydrogen) atoms. The zero-order valence-corrected chi connectivity index (χ0v) is 9.01. The Balaban J connectivity index is 3.06. The summed E-state index contributed by atoms with van der Waals surface area (Å²) in [5.74, 6) is 0.297. The summed E-state index contributed by atoms with van der Waals surface area (Å²) in [6.45, 7) is 2.36. The van der Waals surface area contributed by atoms with Gasteiger partial charge >= 0.3 is 0 Å². The minimum absolute atomic E-state index is 0.297. The molecule has 1 aromatic rings. The zero-order valence-electron chi connectivity index (χ0n) is 7.42. The Hall–Kier alpha value is -0.800. The number of nitrogens with two attached hydrogens (primary N) is 1. The molecule has 3 heteroatoms. The van der Waals surface area contributed by atoms with E-state index in [1.807, 2.05) is 25.1 Å². The molecule has 0 spiro atoms. The molecule has 3 N–H and O–H groups in total. The monoisotopic (exact) mass is 241 g/mol. The first kappa shape index (κ1) is 10.3. The summed E-state index contributed by atoms with van der Waals surface area (Å²) in [5.41, 5.74) is 7.12. The molecule has 0 saturated heterocycles. The topological polar surface area (TPSA) is 46.2 Å². The van der Waals surface area contributed by atoms with Crippen molar-refractivity contribution in [2.24, 2.45) is 5.73 Å². The fourth-order valence-corrected chi connectivity index (χ4v) is 1.45. The van der Waals surface area contributed by atoms with E-state index in [0.717, 1.165) is 15.6 Å². The summed E-state index contributed by atoms with van der Waals surface area (Å²) in [4.78, 5) is 0. The molecule has 1 rings (SSSR count). The molecular weight excluding hydrogens is 230 g/mol. The number of phenols is 1. The molecule has 0 radical (unpaired) electrons. The Morgan fingerprint density at radius 2 is 2.23 bits per heavy atom. The first-order chi connectivity index (χ1) is 6.15. The molecular formula is C10H12BrNO. The SMILES string of the molecule is Cc1c(O)cc(/C=C/CN)cc1Br. The Morgan fingerprint density at radius 3 is 2.77 bits per heavy atom. The summed E-state index contributed by atoms with van der Waals surface area (Å²) < 4.78 is 0.907. The van der Waals surface area contributed by atoms with Crippen LogP contribution in [-0.4, -0.2) is 11.7 Å². The quantitative estimate of drug-likeness (QED) is 0.836. The summed E-state index contributed by atoms with van der Waals surface area (Å²) in [7, 11) is 0. The molecule has 2 nitrogen and oxygen atoms in total. The number of hydrogen-bond donors (Lipinski definition) is 2. The first-order valence-electron chi connectivity index (χ1n) is 4.01. The van der Waals surface area contributed by atoms with Gasteiger partial charge in [0.15, 0.2) is 0 Å². The summed E-state index contributed by atoms with van der Waals surface area (Å²) in [5, 5.41) is 9.49. The third kappa shape index (κ3) is 2.57. The lowest BCUT2D eigenvalue weighted by Gasteiger charge is -2.03. The van der Waals surface area contributed by atoms with Crippen molar-refractivity contribution in [1.82, 2.24) is 0 Å². The average Bonchev–Trinajstić information content (AvgIpc) is 2.10. The van der Waals surface area contributed by atoms with Crippen molar-refractivity contribution in [3.63, 3.8) is 0 Å². The Kier molecular flexibility index (Phi) is 3.51. The van der Waals surface area contributed by atoms with E-state index < -0.39 is 0 Å². The lowest BCUT2D eigenvalue weighted by Crippen LogP contribution is -1.92. The summed E-state index contributed by atoms with van der Waals surface area (Å²) in [6.07, 6.45) is 3.72. The van der Waals surface area contributed by atoms with Crippen molar-refractivity contribution in [3.8, 4) is 5.75 Å². The van der Waals surface area contributed by atoms with Crippen LogP contribution in [0.1, 0.15) is 11.1 Å². The second-order valence-corrected chi connectivity index (χ2v) is 3.64. The lowest BCUT2D eigenvalue weighted by atomic mass is 10.1. The van der Waals surface area contributed by atoms with E-state index in [0.29, 0.717) is 12.3 Å². The van der Waals surface area contributed by atoms with Crippen LogP contribution >= 0.6 is 15.9 Å². The highest BCUT2D eigenvalue weighted by Crippen LogP contribution is 2.27. The van der Waals surface area contributed by atoms with Crippen LogP contribution in [0.5, 0.6) is 5.75 Å². The van der Waals surface area contributed by atoms with Gasteiger partial charge in [-0.3, -0.25) is 0 Å². The van der Waals surface area contributed by atoms with Crippen LogP contribution in [0, 0.1) is 6.92 Å². The maximum Gasteiger partial charge on any atom is 0.120 e. The average molecular weight is 242 g/mol. The molecule has 0 aliphatic rings. The third-order valence-corrected chi connectivity index (χ3v) is 2.61. The number of rotatable bonds is 2. The smallest absolute Gasteiger partial charge is 0.120 e. The van der Waals surface area contributed by atoms with Gasteiger partial charge < -0.3 is 10.8 Å². The van der Waals surface area contributed by atoms with Crippen molar-refractivity contribution in [1.29, 1.82) is 0 Å². The van der Waals surface area contributed by atoms with Crippen molar-refractivity contribution in [2.45, 2.75) is 6.92 Å². The Bertz CT molecular complexity index is 311. The minimum Gasteiger partial charge on any atom is -0.508 e. The molecule has 0 bridgehead atoms. The minimum atomic E-state index is 0.297. The maximum atomic E-state index is 9.49. The Labute approximate surface area is 86.2 Å². The van der Waals surface area contributed by atoms with Crippen molar-refractivity contribution >= 4 is 22.0 Å². The van der Waals surface area contributed by atoms with Crippen LogP contribution in [-0.2, 0) is 0 Å². The predicted molar refractivity (Wildman–Crippen MR) is 58.6 cm³/mol. The van der Waals surface area contributed by atoms with E-state index in [9.17, 15) is 5.11 Å². The number of halogens is 1. The summed E-state index contributed by atoms with van der Waals surface area (Å²) >= 11 is 3.36. The number of hydrogen-bond acceptors (Lipinski definition) is 2. The molecule has 0 amide bonds. The van der Waals surface area contributed by atoms with Gasteiger partial charge in [0.2, 0.25) is 0 Å². The largest absolute Gasteiger partial charge is 0.508 e. The van der Waals surface area contributed by atoms with Gasteiger partial charge in [-0.25, -0.2) is 0 Å². The van der Waals surface area contributed by atoms with Gasteiger partial charge in [0.05, 0.1) is 0 Å². The number of benzene rings is 1. The predicted octanol–water partition coefficient (Wildman–Crippen LogP) is 2.44. The zero-order chi connectivity index (χ0) is 9.84. The van der Waals surface area contributed by atoms with Crippen LogP contribution in [0.25, 0.3) is 6.08 Å². The van der Waals surface area contributed by atoms with Gasteiger partial charge in [0, 0.05) is 16.6 Å².